The van der Waals surface area contributed by atoms with Crippen LogP contribution >= 0.6 is 34.5 Å². The lowest BCUT2D eigenvalue weighted by Crippen LogP contribution is -1.99. The highest BCUT2D eigenvalue weighted by Crippen LogP contribution is 2.21. The van der Waals surface area contributed by atoms with E-state index in [0.717, 1.165) is 39.9 Å². The molecule has 2 nitrogen and oxygen atoms in total. The van der Waals surface area contributed by atoms with Crippen molar-refractivity contribution in [2.45, 2.75) is 25.6 Å². The van der Waals surface area contributed by atoms with Gasteiger partial charge >= 0.3 is 0 Å². The van der Waals surface area contributed by atoms with Gasteiger partial charge in [-0.25, -0.2) is 4.98 Å². The quantitative estimate of drug-likeness (QED) is 0.561. The first kappa shape index (κ1) is 14.6. The van der Waals surface area contributed by atoms with Crippen molar-refractivity contribution in [3.8, 4) is 5.75 Å². The minimum absolute atomic E-state index is 0.483. The molecular formula is C14H15Cl2NOS. The molecule has 19 heavy (non-hydrogen) atoms. The molecule has 0 bridgehead atoms. The standard InChI is InChI=1S/C14H15Cl2NOS/c1-10-7-12(4-5-13(10)16)18-6-2-3-14-17-11(8-15)9-19-14/h4-5,7,9H,2-3,6,8H2,1H3. The minimum atomic E-state index is 0.483. The van der Waals surface area contributed by atoms with Gasteiger partial charge in [0.05, 0.1) is 23.2 Å². The van der Waals surface area contributed by atoms with Crippen LogP contribution in [0.1, 0.15) is 22.7 Å². The molecule has 0 amide bonds. The second-order valence-corrected chi connectivity index (χ2v) is 5.85. The van der Waals surface area contributed by atoms with Crippen molar-refractivity contribution >= 4 is 34.5 Å². The monoisotopic (exact) mass is 315 g/mol. The van der Waals surface area contributed by atoms with E-state index in [1.807, 2.05) is 30.5 Å². The number of aromatic nitrogens is 1. The summed E-state index contributed by atoms with van der Waals surface area (Å²) in [5.41, 5.74) is 1.99. The summed E-state index contributed by atoms with van der Waals surface area (Å²) in [5.74, 6) is 1.35. The second kappa shape index (κ2) is 7.13. The summed E-state index contributed by atoms with van der Waals surface area (Å²) in [4.78, 5) is 4.41. The zero-order valence-corrected chi connectivity index (χ0v) is 13.0. The fraction of sp³-hybridized carbons (Fsp3) is 0.357. The molecule has 5 heteroatoms. The number of aryl methyl sites for hydroxylation is 2. The third kappa shape index (κ3) is 4.37. The molecule has 0 spiro atoms. The Bertz CT molecular complexity index is 542. The average molecular weight is 316 g/mol. The summed E-state index contributed by atoms with van der Waals surface area (Å²) in [7, 11) is 0. The van der Waals surface area contributed by atoms with E-state index >= 15 is 0 Å². The molecule has 0 aliphatic rings. The predicted molar refractivity (Wildman–Crippen MR) is 81.7 cm³/mol. The van der Waals surface area contributed by atoms with Crippen molar-refractivity contribution < 1.29 is 4.74 Å². The minimum Gasteiger partial charge on any atom is -0.494 e. The van der Waals surface area contributed by atoms with Crippen molar-refractivity contribution in [3.05, 3.63) is 44.9 Å². The van der Waals surface area contributed by atoms with Crippen LogP contribution in [0.5, 0.6) is 5.75 Å². The number of hydrogen-bond acceptors (Lipinski definition) is 3. The maximum atomic E-state index is 5.96. The molecule has 0 radical (unpaired) electrons. The maximum absolute atomic E-state index is 5.96. The van der Waals surface area contributed by atoms with E-state index in [-0.39, 0.29) is 0 Å². The van der Waals surface area contributed by atoms with E-state index in [2.05, 4.69) is 4.98 Å². The molecule has 102 valence electrons. The Labute approximate surface area is 127 Å². The van der Waals surface area contributed by atoms with E-state index in [1.165, 1.54) is 0 Å². The molecule has 0 fully saturated rings. The number of rotatable bonds is 6. The number of ether oxygens (including phenoxy) is 1. The number of hydrogen-bond donors (Lipinski definition) is 0. The van der Waals surface area contributed by atoms with Gasteiger partial charge < -0.3 is 4.74 Å². The Balaban J connectivity index is 1.75. The topological polar surface area (TPSA) is 22.1 Å². The normalized spacial score (nSPS) is 10.7. The third-order valence-corrected chi connectivity index (χ3v) is 4.32. The van der Waals surface area contributed by atoms with Crippen LogP contribution in [0.3, 0.4) is 0 Å². The average Bonchev–Trinajstić information content (AvgIpc) is 2.87. The van der Waals surface area contributed by atoms with Crippen molar-refractivity contribution in [1.82, 2.24) is 4.98 Å². The first-order valence-electron chi connectivity index (χ1n) is 6.07. The second-order valence-electron chi connectivity index (χ2n) is 4.23. The summed E-state index contributed by atoms with van der Waals surface area (Å²) in [5, 5.41) is 3.89. The molecule has 0 unspecified atom stereocenters. The van der Waals surface area contributed by atoms with Crippen molar-refractivity contribution in [2.75, 3.05) is 6.61 Å². The van der Waals surface area contributed by atoms with Crippen molar-refractivity contribution in [1.29, 1.82) is 0 Å². The molecule has 0 aliphatic carbocycles. The largest absolute Gasteiger partial charge is 0.494 e. The van der Waals surface area contributed by atoms with Crippen molar-refractivity contribution in [3.63, 3.8) is 0 Å². The number of halogens is 2. The van der Waals surface area contributed by atoms with E-state index in [1.54, 1.807) is 11.3 Å². The molecule has 0 atom stereocenters. The lowest BCUT2D eigenvalue weighted by Gasteiger charge is -2.07. The Hall–Kier alpha value is -0.770. The van der Waals surface area contributed by atoms with Crippen LogP contribution in [-0.4, -0.2) is 11.6 Å². The summed E-state index contributed by atoms with van der Waals surface area (Å²) >= 11 is 13.3. The molecule has 2 rings (SSSR count). The lowest BCUT2D eigenvalue weighted by atomic mass is 10.2. The SMILES string of the molecule is Cc1cc(OCCCc2nc(CCl)cs2)ccc1Cl. The first-order valence-corrected chi connectivity index (χ1v) is 7.86. The van der Waals surface area contributed by atoms with Crippen LogP contribution in [0.2, 0.25) is 5.02 Å². The molecule has 1 heterocycles. The van der Waals surface area contributed by atoms with Gasteiger partial charge in [0, 0.05) is 16.8 Å². The summed E-state index contributed by atoms with van der Waals surface area (Å²) in [6.45, 7) is 2.65. The molecule has 2 aromatic rings. The van der Waals surface area contributed by atoms with Gasteiger partial charge in [0.2, 0.25) is 0 Å². The molecule has 0 saturated heterocycles. The van der Waals surface area contributed by atoms with Gasteiger partial charge in [-0.1, -0.05) is 11.6 Å². The van der Waals surface area contributed by atoms with E-state index in [4.69, 9.17) is 27.9 Å². The van der Waals surface area contributed by atoms with Crippen LogP contribution in [0.4, 0.5) is 0 Å². The van der Waals surface area contributed by atoms with Gasteiger partial charge in [0.15, 0.2) is 0 Å². The molecular weight excluding hydrogens is 301 g/mol. The van der Waals surface area contributed by atoms with Gasteiger partial charge in [-0.15, -0.1) is 22.9 Å². The fourth-order valence-corrected chi connectivity index (χ4v) is 2.83. The Morgan fingerprint density at radius 2 is 2.21 bits per heavy atom. The fourth-order valence-electron chi connectivity index (χ4n) is 1.65. The lowest BCUT2D eigenvalue weighted by molar-refractivity contribution is 0.311. The summed E-state index contributed by atoms with van der Waals surface area (Å²) in [6, 6.07) is 5.71. The van der Waals surface area contributed by atoms with Crippen LogP contribution in [0.15, 0.2) is 23.6 Å². The number of thiazole rings is 1. The van der Waals surface area contributed by atoms with Gasteiger partial charge in [-0.05, 0) is 37.1 Å². The molecule has 0 N–H and O–H groups in total. The Kier molecular flexibility index (Phi) is 5.49. The van der Waals surface area contributed by atoms with Crippen molar-refractivity contribution in [2.24, 2.45) is 0 Å². The predicted octanol–water partition coefficient (Wildman–Crippen LogP) is 4.86. The zero-order valence-electron chi connectivity index (χ0n) is 10.7. The van der Waals surface area contributed by atoms with Crippen LogP contribution in [0.25, 0.3) is 0 Å². The highest BCUT2D eigenvalue weighted by atomic mass is 35.5. The van der Waals surface area contributed by atoms with E-state index < -0.39 is 0 Å². The number of alkyl halides is 1. The van der Waals surface area contributed by atoms with Gasteiger partial charge in [-0.2, -0.15) is 0 Å². The van der Waals surface area contributed by atoms with Crippen LogP contribution in [-0.2, 0) is 12.3 Å². The number of nitrogens with zero attached hydrogens (tertiary/aromatic N) is 1. The molecule has 0 aliphatic heterocycles. The Morgan fingerprint density at radius 1 is 1.37 bits per heavy atom. The number of benzene rings is 1. The van der Waals surface area contributed by atoms with E-state index in [0.29, 0.717) is 12.5 Å². The zero-order chi connectivity index (χ0) is 13.7. The maximum Gasteiger partial charge on any atom is 0.119 e. The Morgan fingerprint density at radius 3 is 2.89 bits per heavy atom. The highest BCUT2D eigenvalue weighted by molar-refractivity contribution is 7.09. The van der Waals surface area contributed by atoms with E-state index in [9.17, 15) is 0 Å². The van der Waals surface area contributed by atoms with Gasteiger partial charge in [0.25, 0.3) is 0 Å². The first-order chi connectivity index (χ1) is 9.19. The molecule has 0 saturated carbocycles. The molecule has 1 aromatic carbocycles. The third-order valence-electron chi connectivity index (χ3n) is 2.67. The molecule has 1 aromatic heterocycles. The van der Waals surface area contributed by atoms with Crippen LogP contribution in [0, 0.1) is 6.92 Å². The van der Waals surface area contributed by atoms with Gasteiger partial charge in [-0.3, -0.25) is 0 Å². The smallest absolute Gasteiger partial charge is 0.119 e. The van der Waals surface area contributed by atoms with Crippen LogP contribution < -0.4 is 4.74 Å². The summed E-state index contributed by atoms with van der Waals surface area (Å²) in [6.07, 6.45) is 1.87. The van der Waals surface area contributed by atoms with Gasteiger partial charge in [0.1, 0.15) is 5.75 Å². The highest BCUT2D eigenvalue weighted by Gasteiger charge is 2.02. The summed E-state index contributed by atoms with van der Waals surface area (Å²) < 4.78 is 5.69.